The van der Waals surface area contributed by atoms with E-state index in [2.05, 4.69) is 4.90 Å². The number of aromatic carboxylic acids is 1. The second-order valence-electron chi connectivity index (χ2n) is 9.14. The lowest BCUT2D eigenvalue weighted by Gasteiger charge is -2.37. The Bertz CT molecular complexity index is 1160. The molecule has 190 valence electrons. The van der Waals surface area contributed by atoms with E-state index in [0.29, 0.717) is 18.8 Å². The summed E-state index contributed by atoms with van der Waals surface area (Å²) in [5.41, 5.74) is 2.04. The molecule has 0 aliphatic carbocycles. The van der Waals surface area contributed by atoms with Crippen LogP contribution in [0.2, 0.25) is 0 Å². The van der Waals surface area contributed by atoms with Gasteiger partial charge in [0.2, 0.25) is 10.0 Å². The van der Waals surface area contributed by atoms with Gasteiger partial charge in [-0.2, -0.15) is 4.31 Å². The van der Waals surface area contributed by atoms with Gasteiger partial charge in [0, 0.05) is 31.6 Å². The molecule has 1 aliphatic rings. The van der Waals surface area contributed by atoms with E-state index < -0.39 is 22.0 Å². The lowest BCUT2D eigenvalue weighted by atomic mass is 10.0. The summed E-state index contributed by atoms with van der Waals surface area (Å²) in [5, 5.41) is 18.9. The van der Waals surface area contributed by atoms with Crippen molar-refractivity contribution in [2.75, 3.05) is 26.7 Å². The quantitative estimate of drug-likeness (QED) is 0.570. The number of carboxylic acids is 1. The first-order valence-electron chi connectivity index (χ1n) is 11.6. The van der Waals surface area contributed by atoms with Crippen LogP contribution in [-0.4, -0.2) is 72.7 Å². The van der Waals surface area contributed by atoms with Crippen molar-refractivity contribution in [3.63, 3.8) is 0 Å². The number of fused-ring (bicyclic) bond motifs is 1. The summed E-state index contributed by atoms with van der Waals surface area (Å²) in [6, 6.07) is 11.2. The molecule has 0 spiro atoms. The van der Waals surface area contributed by atoms with Gasteiger partial charge in [-0.05, 0) is 56.3 Å². The number of benzene rings is 2. The van der Waals surface area contributed by atoms with Gasteiger partial charge >= 0.3 is 5.97 Å². The van der Waals surface area contributed by atoms with E-state index in [1.807, 2.05) is 33.0 Å². The Labute approximate surface area is 207 Å². The van der Waals surface area contributed by atoms with Gasteiger partial charge in [-0.15, -0.1) is 0 Å². The molecular formula is C26H34N2O6S. The zero-order valence-corrected chi connectivity index (χ0v) is 21.4. The highest BCUT2D eigenvalue weighted by molar-refractivity contribution is 7.89. The van der Waals surface area contributed by atoms with E-state index in [1.54, 1.807) is 49.4 Å². The Morgan fingerprint density at radius 1 is 1.26 bits per heavy atom. The van der Waals surface area contributed by atoms with Crippen LogP contribution in [0.3, 0.4) is 0 Å². The SMILES string of the molecule is C/C=C/c1ccc2c(c1)O[C@H](CN(C)Cc1ccc(C(=O)O)cc1)[C@@H](C)CN([C@H](C)CO)S2(=O)=O. The molecule has 35 heavy (non-hydrogen) atoms. The molecule has 0 unspecified atom stereocenters. The van der Waals surface area contributed by atoms with Crippen LogP contribution in [0.25, 0.3) is 6.08 Å². The molecule has 1 aliphatic heterocycles. The van der Waals surface area contributed by atoms with Crippen molar-refractivity contribution in [1.29, 1.82) is 0 Å². The van der Waals surface area contributed by atoms with E-state index in [1.165, 1.54) is 4.31 Å². The summed E-state index contributed by atoms with van der Waals surface area (Å²) in [6.07, 6.45) is 3.44. The largest absolute Gasteiger partial charge is 0.487 e. The lowest BCUT2D eigenvalue weighted by Crippen LogP contribution is -2.49. The summed E-state index contributed by atoms with van der Waals surface area (Å²) in [4.78, 5) is 13.3. The van der Waals surface area contributed by atoms with Crippen LogP contribution >= 0.6 is 0 Å². The van der Waals surface area contributed by atoms with Crippen molar-refractivity contribution in [2.45, 2.75) is 44.4 Å². The van der Waals surface area contributed by atoms with Crippen molar-refractivity contribution in [2.24, 2.45) is 5.92 Å². The fourth-order valence-electron chi connectivity index (χ4n) is 4.19. The number of ether oxygens (including phenoxy) is 1. The van der Waals surface area contributed by atoms with Crippen LogP contribution in [-0.2, 0) is 16.6 Å². The Hall–Kier alpha value is -2.72. The van der Waals surface area contributed by atoms with Crippen LogP contribution in [0.5, 0.6) is 5.75 Å². The molecule has 3 atom stereocenters. The molecule has 0 saturated heterocycles. The summed E-state index contributed by atoms with van der Waals surface area (Å²) in [5.74, 6) is -0.824. The summed E-state index contributed by atoms with van der Waals surface area (Å²) >= 11 is 0. The number of aliphatic hydroxyl groups is 1. The Morgan fingerprint density at radius 2 is 1.94 bits per heavy atom. The summed E-state index contributed by atoms with van der Waals surface area (Å²) < 4.78 is 34.7. The van der Waals surface area contributed by atoms with Gasteiger partial charge in [0.15, 0.2) is 0 Å². The lowest BCUT2D eigenvalue weighted by molar-refractivity contribution is 0.0697. The highest BCUT2D eigenvalue weighted by Gasteiger charge is 2.38. The molecule has 2 N–H and O–H groups in total. The first-order chi connectivity index (χ1) is 16.6. The predicted octanol–water partition coefficient (Wildman–Crippen LogP) is 3.32. The summed E-state index contributed by atoms with van der Waals surface area (Å²) in [7, 11) is -1.92. The zero-order chi connectivity index (χ0) is 25.8. The molecular weight excluding hydrogens is 468 g/mol. The van der Waals surface area contributed by atoms with Crippen molar-refractivity contribution in [3.8, 4) is 5.75 Å². The Morgan fingerprint density at radius 3 is 2.54 bits per heavy atom. The summed E-state index contributed by atoms with van der Waals surface area (Å²) in [6.45, 7) is 6.57. The number of carbonyl (C=O) groups is 1. The zero-order valence-electron chi connectivity index (χ0n) is 20.6. The van der Waals surface area contributed by atoms with Crippen molar-refractivity contribution < 1.29 is 28.2 Å². The van der Waals surface area contributed by atoms with Gasteiger partial charge in [0.05, 0.1) is 12.2 Å². The number of carboxylic acid groups (broad SMARTS) is 1. The maximum atomic E-state index is 13.5. The number of rotatable bonds is 8. The van der Waals surface area contributed by atoms with Gasteiger partial charge in [-0.3, -0.25) is 4.90 Å². The fraction of sp³-hybridized carbons (Fsp3) is 0.423. The van der Waals surface area contributed by atoms with Crippen molar-refractivity contribution in [3.05, 3.63) is 65.2 Å². The van der Waals surface area contributed by atoms with Crippen LogP contribution in [0, 0.1) is 5.92 Å². The third kappa shape index (κ3) is 6.29. The number of nitrogens with zero attached hydrogens (tertiary/aromatic N) is 2. The molecule has 8 nitrogen and oxygen atoms in total. The second kappa shape index (κ2) is 11.3. The fourth-order valence-corrected chi connectivity index (χ4v) is 6.02. The molecule has 9 heteroatoms. The standard InChI is InChI=1S/C26H34N2O6S/c1-5-6-20-9-12-25-23(13-20)34-24(18(2)14-28(19(3)17-29)35(25,32)33)16-27(4)15-21-7-10-22(11-8-21)26(30)31/h5-13,18-19,24,29H,14-17H2,1-4H3,(H,30,31)/b6-5+/t18-,19+,24+/m0/s1. The normalized spacial score (nSPS) is 21.2. The molecule has 0 bridgehead atoms. The van der Waals surface area contributed by atoms with E-state index >= 15 is 0 Å². The van der Waals surface area contributed by atoms with Crippen LogP contribution in [0.1, 0.15) is 42.3 Å². The number of sulfonamides is 1. The maximum absolute atomic E-state index is 13.5. The first-order valence-corrected chi connectivity index (χ1v) is 13.1. The monoisotopic (exact) mass is 502 g/mol. The Kier molecular flexibility index (Phi) is 8.71. The van der Waals surface area contributed by atoms with Crippen molar-refractivity contribution >= 4 is 22.1 Å². The molecule has 0 aromatic heterocycles. The molecule has 2 aromatic rings. The minimum absolute atomic E-state index is 0.0925. The van der Waals surface area contributed by atoms with Crippen molar-refractivity contribution in [1.82, 2.24) is 9.21 Å². The molecule has 0 saturated carbocycles. The molecule has 0 fully saturated rings. The van der Waals surface area contributed by atoms with E-state index in [-0.39, 0.29) is 35.6 Å². The Balaban J connectivity index is 1.91. The molecule has 2 aromatic carbocycles. The average molecular weight is 503 g/mol. The van der Waals surface area contributed by atoms with E-state index in [9.17, 15) is 18.3 Å². The maximum Gasteiger partial charge on any atom is 0.335 e. The first kappa shape index (κ1) is 26.9. The van der Waals surface area contributed by atoms with Gasteiger partial charge in [0.25, 0.3) is 0 Å². The smallest absolute Gasteiger partial charge is 0.335 e. The third-order valence-electron chi connectivity index (χ3n) is 6.20. The molecule has 3 rings (SSSR count). The number of allylic oxidation sites excluding steroid dienone is 1. The highest BCUT2D eigenvalue weighted by atomic mass is 32.2. The average Bonchev–Trinajstić information content (AvgIpc) is 2.81. The number of aliphatic hydroxyl groups excluding tert-OH is 1. The topological polar surface area (TPSA) is 107 Å². The van der Waals surface area contributed by atoms with E-state index in [4.69, 9.17) is 9.84 Å². The number of likely N-dealkylation sites (N-methyl/N-ethyl adjacent to an activating group) is 1. The third-order valence-corrected chi connectivity index (χ3v) is 8.21. The molecule has 0 amide bonds. The van der Waals surface area contributed by atoms with Crippen LogP contribution < -0.4 is 4.74 Å². The minimum atomic E-state index is -3.87. The van der Waals surface area contributed by atoms with Gasteiger partial charge in [-0.25, -0.2) is 13.2 Å². The highest BCUT2D eigenvalue weighted by Crippen LogP contribution is 2.34. The molecule has 0 radical (unpaired) electrons. The predicted molar refractivity (Wildman–Crippen MR) is 135 cm³/mol. The minimum Gasteiger partial charge on any atom is -0.487 e. The van der Waals surface area contributed by atoms with Crippen LogP contribution in [0.15, 0.2) is 53.4 Å². The number of hydrogen-bond acceptors (Lipinski definition) is 6. The second-order valence-corrected chi connectivity index (χ2v) is 11.0. The van der Waals surface area contributed by atoms with Crippen LogP contribution in [0.4, 0.5) is 0 Å². The van der Waals surface area contributed by atoms with Gasteiger partial charge in [0.1, 0.15) is 16.7 Å². The van der Waals surface area contributed by atoms with Gasteiger partial charge in [-0.1, -0.05) is 37.3 Å². The van der Waals surface area contributed by atoms with Gasteiger partial charge < -0.3 is 14.9 Å². The number of hydrogen-bond donors (Lipinski definition) is 2. The molecule has 1 heterocycles. The van der Waals surface area contributed by atoms with E-state index in [0.717, 1.165) is 11.1 Å².